The lowest BCUT2D eigenvalue weighted by Gasteiger charge is -2.06. The molecule has 4 nitrogen and oxygen atoms in total. The number of aliphatic hydroxyl groups excluding tert-OH is 1. The van der Waals surface area contributed by atoms with Gasteiger partial charge in [-0.15, -0.1) is 0 Å². The van der Waals surface area contributed by atoms with Crippen molar-refractivity contribution in [3.05, 3.63) is 35.5 Å². The molecule has 0 unspecified atom stereocenters. The second-order valence-electron chi connectivity index (χ2n) is 4.91. The summed E-state index contributed by atoms with van der Waals surface area (Å²) in [6.07, 6.45) is 3.49. The van der Waals surface area contributed by atoms with Crippen LogP contribution in [0.3, 0.4) is 0 Å². The number of aromatic nitrogens is 2. The molecule has 1 aromatic heterocycles. The van der Waals surface area contributed by atoms with E-state index in [1.165, 1.54) is 12.8 Å². The van der Waals surface area contributed by atoms with Crippen LogP contribution < -0.4 is 4.74 Å². The maximum atomic E-state index is 9.39. The summed E-state index contributed by atoms with van der Waals surface area (Å²) in [4.78, 5) is 0. The highest BCUT2D eigenvalue weighted by Gasteiger charge is 2.11. The summed E-state index contributed by atoms with van der Waals surface area (Å²) in [6, 6.07) is 7.85. The fourth-order valence-electron chi connectivity index (χ4n) is 2.14. The van der Waals surface area contributed by atoms with Crippen LogP contribution in [-0.2, 0) is 6.61 Å². The van der Waals surface area contributed by atoms with E-state index in [4.69, 9.17) is 4.74 Å². The van der Waals surface area contributed by atoms with Gasteiger partial charge >= 0.3 is 0 Å². The fraction of sp³-hybridized carbons (Fsp3) is 0.438. The van der Waals surface area contributed by atoms with E-state index in [2.05, 4.69) is 17.1 Å². The minimum absolute atomic E-state index is 0.00701. The van der Waals surface area contributed by atoms with E-state index < -0.39 is 0 Å². The summed E-state index contributed by atoms with van der Waals surface area (Å²) in [6.45, 7) is 4.84. The van der Waals surface area contributed by atoms with E-state index in [1.54, 1.807) is 0 Å². The first-order valence-corrected chi connectivity index (χ1v) is 7.14. The number of ether oxygens (including phenoxy) is 1. The highest BCUT2D eigenvalue weighted by atomic mass is 16.5. The lowest BCUT2D eigenvalue weighted by atomic mass is 10.1. The molecule has 4 heteroatoms. The van der Waals surface area contributed by atoms with Gasteiger partial charge in [-0.1, -0.05) is 19.8 Å². The first-order valence-electron chi connectivity index (χ1n) is 7.14. The van der Waals surface area contributed by atoms with Crippen LogP contribution in [0.1, 0.15) is 37.4 Å². The van der Waals surface area contributed by atoms with E-state index >= 15 is 0 Å². The number of hydrogen-bond donors (Lipinski definition) is 2. The molecule has 1 heterocycles. The molecule has 20 heavy (non-hydrogen) atoms. The zero-order chi connectivity index (χ0) is 14.4. The lowest BCUT2D eigenvalue weighted by Crippen LogP contribution is -1.96. The normalized spacial score (nSPS) is 10.8. The quantitative estimate of drug-likeness (QED) is 0.760. The van der Waals surface area contributed by atoms with Gasteiger partial charge in [-0.2, -0.15) is 5.10 Å². The molecule has 0 aliphatic rings. The molecular weight excluding hydrogens is 252 g/mol. The third kappa shape index (κ3) is 3.39. The van der Waals surface area contributed by atoms with Crippen molar-refractivity contribution < 1.29 is 9.84 Å². The van der Waals surface area contributed by atoms with Crippen LogP contribution in [0.5, 0.6) is 5.75 Å². The molecule has 0 atom stereocenters. The van der Waals surface area contributed by atoms with E-state index in [-0.39, 0.29) is 6.61 Å². The number of nitrogens with one attached hydrogen (secondary N) is 1. The van der Waals surface area contributed by atoms with Crippen molar-refractivity contribution in [2.75, 3.05) is 6.61 Å². The zero-order valence-corrected chi connectivity index (χ0v) is 12.1. The molecule has 0 spiro atoms. The Labute approximate surface area is 119 Å². The van der Waals surface area contributed by atoms with Gasteiger partial charge in [0.2, 0.25) is 0 Å². The van der Waals surface area contributed by atoms with Gasteiger partial charge in [-0.3, -0.25) is 5.10 Å². The van der Waals surface area contributed by atoms with Crippen LogP contribution in [0.25, 0.3) is 11.3 Å². The first-order chi connectivity index (χ1) is 9.76. The molecule has 2 rings (SSSR count). The summed E-state index contributed by atoms with van der Waals surface area (Å²) >= 11 is 0. The Hall–Kier alpha value is -1.81. The lowest BCUT2D eigenvalue weighted by molar-refractivity contribution is 0.281. The van der Waals surface area contributed by atoms with Crippen molar-refractivity contribution in [1.29, 1.82) is 0 Å². The van der Waals surface area contributed by atoms with Crippen molar-refractivity contribution in [2.24, 2.45) is 0 Å². The predicted octanol–water partition coefficient (Wildman–Crippen LogP) is 3.45. The van der Waals surface area contributed by atoms with Gasteiger partial charge in [-0.25, -0.2) is 0 Å². The van der Waals surface area contributed by atoms with Crippen molar-refractivity contribution >= 4 is 0 Å². The number of benzene rings is 1. The largest absolute Gasteiger partial charge is 0.494 e. The molecule has 0 bridgehead atoms. The minimum atomic E-state index is -0.00701. The van der Waals surface area contributed by atoms with E-state index in [1.807, 2.05) is 31.2 Å². The van der Waals surface area contributed by atoms with Crippen LogP contribution in [-0.4, -0.2) is 21.9 Å². The van der Waals surface area contributed by atoms with E-state index in [0.29, 0.717) is 0 Å². The molecule has 0 amide bonds. The van der Waals surface area contributed by atoms with Crippen LogP contribution in [0.4, 0.5) is 0 Å². The van der Waals surface area contributed by atoms with Gasteiger partial charge in [0.05, 0.1) is 18.9 Å². The van der Waals surface area contributed by atoms with Gasteiger partial charge in [0.1, 0.15) is 5.75 Å². The molecule has 0 saturated carbocycles. The molecular formula is C16H22N2O2. The molecule has 0 aliphatic carbocycles. The Morgan fingerprint density at radius 3 is 2.60 bits per heavy atom. The van der Waals surface area contributed by atoms with Gasteiger partial charge < -0.3 is 9.84 Å². The molecule has 0 saturated heterocycles. The van der Waals surface area contributed by atoms with E-state index in [9.17, 15) is 5.11 Å². The van der Waals surface area contributed by atoms with Gasteiger partial charge in [0.15, 0.2) is 0 Å². The van der Waals surface area contributed by atoms with Gasteiger partial charge in [-0.05, 0) is 37.6 Å². The summed E-state index contributed by atoms with van der Waals surface area (Å²) in [5.41, 5.74) is 3.55. The standard InChI is InChI=1S/C16H22N2O2/c1-3-4-5-10-20-14-8-6-13(7-9-14)16-15(11-19)12(2)17-18-16/h6-9,19H,3-5,10-11H2,1-2H3,(H,17,18). The third-order valence-corrected chi connectivity index (χ3v) is 3.38. The molecule has 108 valence electrons. The highest BCUT2D eigenvalue weighted by molar-refractivity contribution is 5.64. The van der Waals surface area contributed by atoms with Crippen molar-refractivity contribution in [2.45, 2.75) is 39.7 Å². The predicted molar refractivity (Wildman–Crippen MR) is 79.7 cm³/mol. The number of aliphatic hydroxyl groups is 1. The van der Waals surface area contributed by atoms with Crippen molar-refractivity contribution in [3.63, 3.8) is 0 Å². The SMILES string of the molecule is CCCCCOc1ccc(-c2n[nH]c(C)c2CO)cc1. The van der Waals surface area contributed by atoms with Crippen molar-refractivity contribution in [1.82, 2.24) is 10.2 Å². The second-order valence-corrected chi connectivity index (χ2v) is 4.91. The molecule has 0 aliphatic heterocycles. The number of aryl methyl sites for hydroxylation is 1. The fourth-order valence-corrected chi connectivity index (χ4v) is 2.14. The average molecular weight is 274 g/mol. The van der Waals surface area contributed by atoms with Crippen LogP contribution in [0.2, 0.25) is 0 Å². The third-order valence-electron chi connectivity index (χ3n) is 3.38. The van der Waals surface area contributed by atoms with Crippen molar-refractivity contribution in [3.8, 4) is 17.0 Å². The average Bonchev–Trinajstić information content (AvgIpc) is 2.85. The topological polar surface area (TPSA) is 58.1 Å². The number of unbranched alkanes of at least 4 members (excludes halogenated alkanes) is 2. The summed E-state index contributed by atoms with van der Waals surface area (Å²) in [7, 11) is 0. The summed E-state index contributed by atoms with van der Waals surface area (Å²) in [5.74, 6) is 0.877. The Morgan fingerprint density at radius 2 is 1.95 bits per heavy atom. The molecule has 2 aromatic rings. The van der Waals surface area contributed by atoms with Crippen LogP contribution in [0.15, 0.2) is 24.3 Å². The number of aromatic amines is 1. The Morgan fingerprint density at radius 1 is 1.20 bits per heavy atom. The molecule has 1 aromatic carbocycles. The first kappa shape index (κ1) is 14.6. The minimum Gasteiger partial charge on any atom is -0.494 e. The van der Waals surface area contributed by atoms with Crippen LogP contribution >= 0.6 is 0 Å². The summed E-state index contributed by atoms with van der Waals surface area (Å²) in [5, 5.41) is 16.5. The maximum absolute atomic E-state index is 9.39. The van der Waals surface area contributed by atoms with Crippen LogP contribution in [0, 0.1) is 6.92 Å². The number of H-pyrrole nitrogens is 1. The smallest absolute Gasteiger partial charge is 0.119 e. The Bertz CT molecular complexity index is 532. The maximum Gasteiger partial charge on any atom is 0.119 e. The van der Waals surface area contributed by atoms with Gasteiger partial charge in [0.25, 0.3) is 0 Å². The number of hydrogen-bond acceptors (Lipinski definition) is 3. The highest BCUT2D eigenvalue weighted by Crippen LogP contribution is 2.25. The zero-order valence-electron chi connectivity index (χ0n) is 12.1. The number of rotatable bonds is 7. The number of nitrogens with zero attached hydrogens (tertiary/aromatic N) is 1. The monoisotopic (exact) mass is 274 g/mol. The van der Waals surface area contributed by atoms with Gasteiger partial charge in [0, 0.05) is 16.8 Å². The van der Waals surface area contributed by atoms with E-state index in [0.717, 1.165) is 41.3 Å². The Balaban J connectivity index is 2.04. The summed E-state index contributed by atoms with van der Waals surface area (Å²) < 4.78 is 5.68. The molecule has 2 N–H and O–H groups in total. The Kier molecular flexibility index (Phi) is 5.18. The molecule has 0 fully saturated rings. The molecule has 0 radical (unpaired) electrons. The second kappa shape index (κ2) is 7.10.